The molecule has 9 unspecified atom stereocenters. The molecule has 17 heteroatoms. The smallest absolute Gasteiger partial charge is 0.249 e. The highest BCUT2D eigenvalue weighted by Gasteiger charge is 2.54. The van der Waals surface area contributed by atoms with E-state index in [9.17, 15) is 35.4 Å². The second-order valence-corrected chi connectivity index (χ2v) is 10.6. The fourth-order valence-corrected chi connectivity index (χ4v) is 5.39. The molecule has 0 aromatic rings. The molecule has 17 N–H and O–H groups in total. The van der Waals surface area contributed by atoms with Crippen molar-refractivity contribution in [2.24, 2.45) is 34.6 Å². The maximum Gasteiger partial charge on any atom is 0.249 e. The Morgan fingerprint density at radius 3 is 2.17 bits per heavy atom. The third kappa shape index (κ3) is 7.25. The Hall–Kier alpha value is -1.13. The number of carbonyl (C=O) groups is 1. The molecule has 15 atom stereocenters. The molecule has 3 rings (SSSR count). The van der Waals surface area contributed by atoms with Crippen molar-refractivity contribution in [3.05, 3.63) is 0 Å². The molecular formula is C23H46N6O11. The average molecular weight is 583 g/mol. The summed E-state index contributed by atoms with van der Waals surface area (Å²) in [5, 5.41) is 64.9. The Bertz CT molecular complexity index is 802. The number of aliphatic hydroxyl groups is 6. The number of aliphatic hydroxyl groups excluding tert-OH is 6. The summed E-state index contributed by atoms with van der Waals surface area (Å²) in [6, 6.07) is -4.42. The van der Waals surface area contributed by atoms with Crippen molar-refractivity contribution in [3.63, 3.8) is 0 Å². The normalized spacial score (nSPS) is 45.2. The van der Waals surface area contributed by atoms with E-state index in [0.29, 0.717) is 12.8 Å². The van der Waals surface area contributed by atoms with E-state index in [-0.39, 0.29) is 25.6 Å². The minimum Gasteiger partial charge on any atom is -0.396 e. The molecule has 234 valence electrons. The molecule has 2 saturated heterocycles. The van der Waals surface area contributed by atoms with E-state index in [4.69, 9.17) is 47.6 Å². The van der Waals surface area contributed by atoms with Gasteiger partial charge in [-0.3, -0.25) is 4.79 Å². The van der Waals surface area contributed by atoms with Gasteiger partial charge in [0.2, 0.25) is 5.91 Å². The molecule has 1 aliphatic carbocycles. The predicted octanol–water partition coefficient (Wildman–Crippen LogP) is -7.18. The van der Waals surface area contributed by atoms with E-state index >= 15 is 0 Å². The molecule has 2 aliphatic heterocycles. The van der Waals surface area contributed by atoms with Crippen LogP contribution in [0.3, 0.4) is 0 Å². The summed E-state index contributed by atoms with van der Waals surface area (Å²) in [5.41, 5.74) is 29.7. The molecule has 0 aromatic heterocycles. The van der Waals surface area contributed by atoms with Crippen LogP contribution in [0.2, 0.25) is 0 Å². The van der Waals surface area contributed by atoms with Gasteiger partial charge in [-0.2, -0.15) is 0 Å². The van der Waals surface area contributed by atoms with Crippen LogP contribution < -0.4 is 34.0 Å². The van der Waals surface area contributed by atoms with Gasteiger partial charge in [0.05, 0.1) is 61.8 Å². The van der Waals surface area contributed by atoms with E-state index in [2.05, 4.69) is 5.32 Å². The van der Waals surface area contributed by atoms with Crippen LogP contribution >= 0.6 is 0 Å². The molecule has 1 amide bonds. The number of nitrogens with one attached hydrogen (secondary N) is 1. The van der Waals surface area contributed by atoms with Gasteiger partial charge >= 0.3 is 0 Å². The number of ether oxygens (including phenoxy) is 4. The summed E-state index contributed by atoms with van der Waals surface area (Å²) < 4.78 is 23.5. The first-order valence-corrected chi connectivity index (χ1v) is 13.5. The van der Waals surface area contributed by atoms with Gasteiger partial charge in [0.25, 0.3) is 0 Å². The van der Waals surface area contributed by atoms with Crippen molar-refractivity contribution in [2.75, 3.05) is 26.3 Å². The maximum absolute atomic E-state index is 12.7. The van der Waals surface area contributed by atoms with Crippen LogP contribution in [0.5, 0.6) is 0 Å². The number of carbonyl (C=O) groups excluding carboxylic acids is 1. The predicted molar refractivity (Wildman–Crippen MR) is 137 cm³/mol. The van der Waals surface area contributed by atoms with Crippen LogP contribution in [-0.2, 0) is 23.7 Å². The van der Waals surface area contributed by atoms with Crippen molar-refractivity contribution < 1.29 is 54.4 Å². The first-order valence-electron chi connectivity index (χ1n) is 13.5. The lowest BCUT2D eigenvalue weighted by Crippen LogP contribution is -2.73. The lowest BCUT2D eigenvalue weighted by Gasteiger charge is -2.51. The summed E-state index contributed by atoms with van der Waals surface area (Å²) in [7, 11) is 0. The summed E-state index contributed by atoms with van der Waals surface area (Å²) in [6.45, 7) is -1.07. The van der Waals surface area contributed by atoms with E-state index in [1.807, 2.05) is 0 Å². The van der Waals surface area contributed by atoms with Crippen molar-refractivity contribution in [3.8, 4) is 0 Å². The summed E-state index contributed by atoms with van der Waals surface area (Å²) >= 11 is 0. The van der Waals surface area contributed by atoms with Gasteiger partial charge in [0.1, 0.15) is 24.4 Å². The van der Waals surface area contributed by atoms with Gasteiger partial charge in [0, 0.05) is 12.5 Å². The van der Waals surface area contributed by atoms with Crippen LogP contribution in [0.15, 0.2) is 0 Å². The molecule has 0 bridgehead atoms. The molecule has 3 fully saturated rings. The summed E-state index contributed by atoms with van der Waals surface area (Å²) in [6.07, 6.45) is -11.7. The highest BCUT2D eigenvalue weighted by molar-refractivity contribution is 5.80. The van der Waals surface area contributed by atoms with Crippen molar-refractivity contribution in [1.82, 2.24) is 5.32 Å². The number of rotatable bonds is 11. The van der Waals surface area contributed by atoms with Crippen molar-refractivity contribution in [1.29, 1.82) is 0 Å². The van der Waals surface area contributed by atoms with E-state index in [1.165, 1.54) is 0 Å². The van der Waals surface area contributed by atoms with Crippen LogP contribution in [0.4, 0.5) is 0 Å². The van der Waals surface area contributed by atoms with E-state index in [0.717, 1.165) is 0 Å². The zero-order chi connectivity index (χ0) is 29.7. The standard InChI is InChI=1S/C23H46N6O11/c24-4-3-11(32)21(36)29-15-17(34)14(28)19(39-22-10(26)2-1-8(5-25)37-22)9(6-30)20(15)40-23-18(35)13(27)16(33)12(7-31)38-23/h8-20,22-23,30-35H,1-7,24-28H2,(H,29,36)/t8?,9?,10?,11-,12?,13?,14-,15?,16+,17?,18?,19?,20+,22+,23+/m0/s1. The highest BCUT2D eigenvalue weighted by Crippen LogP contribution is 2.35. The molecule has 40 heavy (non-hydrogen) atoms. The minimum absolute atomic E-state index is 0.00668. The van der Waals surface area contributed by atoms with E-state index in [1.54, 1.807) is 0 Å². The van der Waals surface area contributed by atoms with Crippen molar-refractivity contribution in [2.45, 2.75) is 105 Å². The third-order valence-electron chi connectivity index (χ3n) is 7.88. The second-order valence-electron chi connectivity index (χ2n) is 10.6. The third-order valence-corrected chi connectivity index (χ3v) is 7.88. The number of hydrogen-bond acceptors (Lipinski definition) is 16. The van der Waals surface area contributed by atoms with Gasteiger partial charge in [-0.1, -0.05) is 0 Å². The van der Waals surface area contributed by atoms with Gasteiger partial charge < -0.3 is 83.6 Å². The fraction of sp³-hybridized carbons (Fsp3) is 0.957. The quantitative estimate of drug-likeness (QED) is 0.108. The molecule has 2 heterocycles. The average Bonchev–Trinajstić information content (AvgIpc) is 2.94. The summed E-state index contributed by atoms with van der Waals surface area (Å²) in [5.74, 6) is -1.96. The first kappa shape index (κ1) is 33.4. The van der Waals surface area contributed by atoms with Crippen LogP contribution in [-0.4, -0.2) is 148 Å². The van der Waals surface area contributed by atoms with Crippen molar-refractivity contribution >= 4 is 5.91 Å². The number of hydrogen-bond donors (Lipinski definition) is 12. The van der Waals surface area contributed by atoms with Crippen LogP contribution in [0, 0.1) is 5.92 Å². The Balaban J connectivity index is 1.92. The maximum atomic E-state index is 12.7. The molecular weight excluding hydrogens is 536 g/mol. The Labute approximate surface area is 231 Å². The Morgan fingerprint density at radius 2 is 1.57 bits per heavy atom. The zero-order valence-corrected chi connectivity index (χ0v) is 22.2. The largest absolute Gasteiger partial charge is 0.396 e. The zero-order valence-electron chi connectivity index (χ0n) is 22.2. The molecule has 0 radical (unpaired) electrons. The SMILES string of the molecule is NCC[C@H](O)C(=O)NC1C(O)[C@H](N)C(O[C@H]2OC(CN)CCC2N)C(CO)[C@H]1O[C@H]1OC(CO)[C@@H](O)C(N)C1O. The lowest BCUT2D eigenvalue weighted by molar-refractivity contribution is -0.315. The fourth-order valence-electron chi connectivity index (χ4n) is 5.39. The molecule has 0 spiro atoms. The van der Waals surface area contributed by atoms with E-state index < -0.39 is 105 Å². The number of nitrogens with two attached hydrogens (primary N) is 5. The molecule has 3 aliphatic rings. The summed E-state index contributed by atoms with van der Waals surface area (Å²) in [4.78, 5) is 12.7. The number of amides is 1. The second kappa shape index (κ2) is 14.9. The Kier molecular flexibility index (Phi) is 12.4. The minimum atomic E-state index is -1.61. The first-order chi connectivity index (χ1) is 19.0. The highest BCUT2D eigenvalue weighted by atomic mass is 16.7. The monoisotopic (exact) mass is 582 g/mol. The molecule has 1 saturated carbocycles. The van der Waals surface area contributed by atoms with Crippen LogP contribution in [0.25, 0.3) is 0 Å². The Morgan fingerprint density at radius 1 is 0.900 bits per heavy atom. The van der Waals surface area contributed by atoms with Gasteiger partial charge in [-0.05, 0) is 25.8 Å². The topological polar surface area (TPSA) is 317 Å². The lowest BCUT2D eigenvalue weighted by atomic mass is 9.75. The van der Waals surface area contributed by atoms with Gasteiger partial charge in [-0.25, -0.2) is 0 Å². The molecule has 0 aromatic carbocycles. The van der Waals surface area contributed by atoms with Gasteiger partial charge in [-0.15, -0.1) is 0 Å². The molecule has 17 nitrogen and oxygen atoms in total. The van der Waals surface area contributed by atoms with Crippen LogP contribution in [0.1, 0.15) is 19.3 Å². The van der Waals surface area contributed by atoms with Gasteiger partial charge in [0.15, 0.2) is 12.6 Å².